The highest BCUT2D eigenvalue weighted by molar-refractivity contribution is 7.89. The van der Waals surface area contributed by atoms with E-state index >= 15 is 0 Å². The molecule has 0 unspecified atom stereocenters. The van der Waals surface area contributed by atoms with Crippen LogP contribution in [-0.2, 0) is 14.8 Å². The molecule has 0 radical (unpaired) electrons. The molecule has 24 heavy (non-hydrogen) atoms. The second-order valence-electron chi connectivity index (χ2n) is 5.57. The molecule has 0 aliphatic carbocycles. The third-order valence-electron chi connectivity index (χ3n) is 4.07. The Morgan fingerprint density at radius 2 is 1.75 bits per heavy atom. The van der Waals surface area contributed by atoms with Gasteiger partial charge in [-0.2, -0.15) is 4.31 Å². The van der Waals surface area contributed by atoms with Gasteiger partial charge in [-0.15, -0.1) is 0 Å². The van der Waals surface area contributed by atoms with Gasteiger partial charge in [0.05, 0.1) is 4.90 Å². The third kappa shape index (κ3) is 2.92. The zero-order chi connectivity index (χ0) is 17.3. The highest BCUT2D eigenvalue weighted by Crippen LogP contribution is 2.25. The maximum atomic E-state index is 13.4. The third-order valence-corrected chi connectivity index (χ3v) is 6.05. The van der Waals surface area contributed by atoms with E-state index in [1.165, 1.54) is 39.5 Å². The lowest BCUT2D eigenvalue weighted by Gasteiger charge is -2.38. The Labute approximate surface area is 140 Å². The number of hydrogen-bond acceptors (Lipinski definition) is 3. The van der Waals surface area contributed by atoms with E-state index in [4.69, 9.17) is 0 Å². The molecule has 1 aliphatic rings. The summed E-state index contributed by atoms with van der Waals surface area (Å²) in [5.74, 6) is -0.807. The number of nitrogens with zero attached hydrogens (tertiary/aromatic N) is 2. The minimum absolute atomic E-state index is 0.153. The summed E-state index contributed by atoms with van der Waals surface area (Å²) in [5.41, 5.74) is 0.434. The van der Waals surface area contributed by atoms with E-state index in [2.05, 4.69) is 0 Å². The Hall–Kier alpha value is -2.25. The van der Waals surface area contributed by atoms with Crippen LogP contribution >= 0.6 is 0 Å². The lowest BCUT2D eigenvalue weighted by atomic mass is 10.2. The zero-order valence-electron chi connectivity index (χ0n) is 13.1. The second-order valence-corrected chi connectivity index (χ2v) is 7.47. The molecule has 1 heterocycles. The minimum Gasteiger partial charge on any atom is -0.310 e. The van der Waals surface area contributed by atoms with Crippen molar-refractivity contribution >= 4 is 21.6 Å². The fourth-order valence-electron chi connectivity index (χ4n) is 2.81. The average Bonchev–Trinajstić information content (AvgIpc) is 2.58. The van der Waals surface area contributed by atoms with Gasteiger partial charge in [0.15, 0.2) is 0 Å². The molecule has 1 atom stereocenters. The lowest BCUT2D eigenvalue weighted by molar-refractivity contribution is -0.123. The van der Waals surface area contributed by atoms with Crippen molar-refractivity contribution in [3.8, 4) is 0 Å². The molecule has 1 amide bonds. The zero-order valence-corrected chi connectivity index (χ0v) is 13.9. The first-order valence-electron chi connectivity index (χ1n) is 7.55. The predicted octanol–water partition coefficient (Wildman–Crippen LogP) is 2.25. The summed E-state index contributed by atoms with van der Waals surface area (Å²) >= 11 is 0. The summed E-state index contributed by atoms with van der Waals surface area (Å²) < 4.78 is 40.1. The van der Waals surface area contributed by atoms with Crippen molar-refractivity contribution in [2.75, 3.05) is 18.0 Å². The Morgan fingerprint density at radius 3 is 2.42 bits per heavy atom. The van der Waals surface area contributed by atoms with Gasteiger partial charge in [0, 0.05) is 18.8 Å². The largest absolute Gasteiger partial charge is 0.310 e. The van der Waals surface area contributed by atoms with Gasteiger partial charge in [-0.3, -0.25) is 4.79 Å². The number of anilines is 1. The Balaban J connectivity index is 1.88. The van der Waals surface area contributed by atoms with Gasteiger partial charge in [0.25, 0.3) is 0 Å². The minimum atomic E-state index is -3.75. The van der Waals surface area contributed by atoms with Crippen LogP contribution < -0.4 is 4.90 Å². The molecule has 3 rings (SSSR count). The molecule has 2 aromatic carbocycles. The van der Waals surface area contributed by atoms with Crippen molar-refractivity contribution < 1.29 is 17.6 Å². The van der Waals surface area contributed by atoms with Gasteiger partial charge in [-0.1, -0.05) is 24.3 Å². The summed E-state index contributed by atoms with van der Waals surface area (Å²) in [5, 5.41) is 0. The van der Waals surface area contributed by atoms with E-state index in [-0.39, 0.29) is 23.9 Å². The van der Waals surface area contributed by atoms with E-state index in [9.17, 15) is 17.6 Å². The van der Waals surface area contributed by atoms with Crippen LogP contribution in [0.25, 0.3) is 0 Å². The molecule has 2 aromatic rings. The van der Waals surface area contributed by atoms with Crippen molar-refractivity contribution in [2.24, 2.45) is 0 Å². The number of rotatable bonds is 3. The van der Waals surface area contributed by atoms with Crippen LogP contribution in [0, 0.1) is 5.82 Å². The van der Waals surface area contributed by atoms with Crippen molar-refractivity contribution in [1.29, 1.82) is 0 Å². The van der Waals surface area contributed by atoms with Crippen molar-refractivity contribution in [3.05, 3.63) is 60.4 Å². The molecule has 126 valence electrons. The van der Waals surface area contributed by atoms with Crippen LogP contribution in [0.15, 0.2) is 59.5 Å². The number of amides is 1. The fourth-order valence-corrected chi connectivity index (χ4v) is 4.41. The molecule has 0 bridgehead atoms. The van der Waals surface area contributed by atoms with Crippen molar-refractivity contribution in [3.63, 3.8) is 0 Å². The highest BCUT2D eigenvalue weighted by atomic mass is 32.2. The molecule has 5 nitrogen and oxygen atoms in total. The maximum absolute atomic E-state index is 13.4. The summed E-state index contributed by atoms with van der Waals surface area (Å²) in [6.07, 6.45) is 0. The van der Waals surface area contributed by atoms with E-state index in [1.54, 1.807) is 31.2 Å². The van der Waals surface area contributed by atoms with Crippen LogP contribution in [0.3, 0.4) is 0 Å². The Morgan fingerprint density at radius 1 is 1.04 bits per heavy atom. The second kappa shape index (κ2) is 6.33. The predicted molar refractivity (Wildman–Crippen MR) is 88.5 cm³/mol. The quantitative estimate of drug-likeness (QED) is 0.855. The van der Waals surface area contributed by atoms with E-state index in [0.29, 0.717) is 5.69 Å². The molecular formula is C17H17FN2O3S. The standard InChI is InChI=1S/C17H17FN2O3S/c1-13-17(21)19(15-7-5-6-14(18)12-15)10-11-20(13)24(22,23)16-8-3-2-4-9-16/h2-9,12-13H,10-11H2,1H3/t13-/m1/s1. The molecule has 1 saturated heterocycles. The summed E-state index contributed by atoms with van der Waals surface area (Å²) in [6, 6.07) is 12.9. The van der Waals surface area contributed by atoms with Crippen molar-refractivity contribution in [2.45, 2.75) is 17.9 Å². The van der Waals surface area contributed by atoms with Crippen molar-refractivity contribution in [1.82, 2.24) is 4.31 Å². The van der Waals surface area contributed by atoms with E-state index in [0.717, 1.165) is 0 Å². The van der Waals surface area contributed by atoms with Gasteiger partial charge in [-0.05, 0) is 37.3 Å². The molecule has 0 N–H and O–H groups in total. The molecular weight excluding hydrogens is 331 g/mol. The topological polar surface area (TPSA) is 57.7 Å². The summed E-state index contributed by atoms with van der Waals surface area (Å²) in [4.78, 5) is 14.2. The lowest BCUT2D eigenvalue weighted by Crippen LogP contribution is -2.57. The number of halogens is 1. The monoisotopic (exact) mass is 348 g/mol. The first-order valence-corrected chi connectivity index (χ1v) is 8.99. The number of hydrogen-bond donors (Lipinski definition) is 0. The number of piperazine rings is 1. The number of carbonyl (C=O) groups is 1. The van der Waals surface area contributed by atoms with Crippen LogP contribution in [-0.4, -0.2) is 37.8 Å². The van der Waals surface area contributed by atoms with Gasteiger partial charge < -0.3 is 4.90 Å². The van der Waals surface area contributed by atoms with Crippen LogP contribution in [0.1, 0.15) is 6.92 Å². The molecule has 0 saturated carbocycles. The highest BCUT2D eigenvalue weighted by Gasteiger charge is 2.39. The maximum Gasteiger partial charge on any atom is 0.245 e. The smallest absolute Gasteiger partial charge is 0.245 e. The van der Waals surface area contributed by atoms with Crippen LogP contribution in [0.5, 0.6) is 0 Å². The molecule has 7 heteroatoms. The first-order chi connectivity index (χ1) is 11.4. The number of benzene rings is 2. The van der Waals surface area contributed by atoms with Gasteiger partial charge in [0.1, 0.15) is 11.9 Å². The summed E-state index contributed by atoms with van der Waals surface area (Å²) in [6.45, 7) is 1.88. The SMILES string of the molecule is C[C@@H]1C(=O)N(c2cccc(F)c2)CCN1S(=O)(=O)c1ccccc1. The molecule has 1 aliphatic heterocycles. The van der Waals surface area contributed by atoms with Gasteiger partial charge in [0.2, 0.25) is 15.9 Å². The average molecular weight is 348 g/mol. The number of sulfonamides is 1. The summed E-state index contributed by atoms with van der Waals surface area (Å²) in [7, 11) is -3.75. The normalized spacial score (nSPS) is 19.5. The fraction of sp³-hybridized carbons (Fsp3) is 0.235. The number of carbonyl (C=O) groups excluding carboxylic acids is 1. The van der Waals surface area contributed by atoms with Gasteiger partial charge in [-0.25, -0.2) is 12.8 Å². The van der Waals surface area contributed by atoms with E-state index < -0.39 is 21.9 Å². The van der Waals surface area contributed by atoms with Gasteiger partial charge >= 0.3 is 0 Å². The van der Waals surface area contributed by atoms with Crippen LogP contribution in [0.4, 0.5) is 10.1 Å². The first kappa shape index (κ1) is 16.6. The molecule has 0 spiro atoms. The molecule has 1 fully saturated rings. The Kier molecular flexibility index (Phi) is 4.38. The Bertz CT molecular complexity index is 855. The molecule has 0 aromatic heterocycles. The van der Waals surface area contributed by atoms with E-state index in [1.807, 2.05) is 0 Å². The van der Waals surface area contributed by atoms with Crippen LogP contribution in [0.2, 0.25) is 0 Å².